The summed E-state index contributed by atoms with van der Waals surface area (Å²) in [4.78, 5) is 11.2. The number of carbonyl (C=O) groups is 1. The Morgan fingerprint density at radius 3 is 2.80 bits per heavy atom. The van der Waals surface area contributed by atoms with E-state index >= 15 is 0 Å². The summed E-state index contributed by atoms with van der Waals surface area (Å²) in [5, 5.41) is 5.86. The monoisotopic (exact) mass is 234 g/mol. The van der Waals surface area contributed by atoms with Crippen molar-refractivity contribution in [1.29, 1.82) is 0 Å². The quantitative estimate of drug-likeness (QED) is 0.540. The van der Waals surface area contributed by atoms with E-state index < -0.39 is 0 Å². The van der Waals surface area contributed by atoms with Crippen LogP contribution in [0.4, 0.5) is 0 Å². The van der Waals surface area contributed by atoms with Gasteiger partial charge in [-0.3, -0.25) is 4.79 Å². The standard InChI is InChI=1S/C10H22N2O2S/c1-14-7-6-11-9-10(13)12-5-3-4-8-15-2/h11H,3-9H2,1-2H3,(H,12,13). The van der Waals surface area contributed by atoms with Crippen LogP contribution < -0.4 is 10.6 Å². The molecule has 0 rings (SSSR count). The van der Waals surface area contributed by atoms with E-state index in [0.717, 1.165) is 19.5 Å². The first-order chi connectivity index (χ1) is 7.31. The molecule has 0 radical (unpaired) electrons. The zero-order valence-electron chi connectivity index (χ0n) is 9.67. The number of ether oxygens (including phenoxy) is 1. The molecule has 0 saturated carbocycles. The van der Waals surface area contributed by atoms with Gasteiger partial charge in [-0.2, -0.15) is 11.8 Å². The third-order valence-electron chi connectivity index (χ3n) is 1.87. The molecule has 0 atom stereocenters. The average Bonchev–Trinajstić information content (AvgIpc) is 2.24. The number of amides is 1. The van der Waals surface area contributed by atoms with E-state index in [-0.39, 0.29) is 5.91 Å². The molecule has 0 aromatic heterocycles. The van der Waals surface area contributed by atoms with Crippen molar-refractivity contribution in [2.75, 3.05) is 45.4 Å². The number of unbranched alkanes of at least 4 members (excludes halogenated alkanes) is 1. The van der Waals surface area contributed by atoms with Gasteiger partial charge >= 0.3 is 0 Å². The molecule has 15 heavy (non-hydrogen) atoms. The highest BCUT2D eigenvalue weighted by molar-refractivity contribution is 7.98. The van der Waals surface area contributed by atoms with E-state index in [1.807, 2.05) is 11.8 Å². The summed E-state index contributed by atoms with van der Waals surface area (Å²) >= 11 is 1.84. The van der Waals surface area contributed by atoms with Crippen molar-refractivity contribution in [3.8, 4) is 0 Å². The van der Waals surface area contributed by atoms with Crippen LogP contribution in [0.2, 0.25) is 0 Å². The van der Waals surface area contributed by atoms with Crippen LogP contribution in [0.5, 0.6) is 0 Å². The van der Waals surface area contributed by atoms with Crippen molar-refractivity contribution in [3.05, 3.63) is 0 Å². The van der Waals surface area contributed by atoms with Crippen LogP contribution in [-0.2, 0) is 9.53 Å². The van der Waals surface area contributed by atoms with Crippen LogP contribution in [0.15, 0.2) is 0 Å². The van der Waals surface area contributed by atoms with Crippen molar-refractivity contribution in [2.24, 2.45) is 0 Å². The number of carbonyl (C=O) groups excluding carboxylic acids is 1. The summed E-state index contributed by atoms with van der Waals surface area (Å²) in [7, 11) is 1.65. The Morgan fingerprint density at radius 1 is 1.33 bits per heavy atom. The smallest absolute Gasteiger partial charge is 0.233 e. The van der Waals surface area contributed by atoms with Gasteiger partial charge in [0.1, 0.15) is 0 Å². The number of nitrogens with one attached hydrogen (secondary N) is 2. The van der Waals surface area contributed by atoms with Crippen molar-refractivity contribution < 1.29 is 9.53 Å². The van der Waals surface area contributed by atoms with Crippen LogP contribution in [-0.4, -0.2) is 51.3 Å². The third kappa shape index (κ3) is 11.7. The van der Waals surface area contributed by atoms with Crippen molar-refractivity contribution >= 4 is 17.7 Å². The molecule has 0 spiro atoms. The number of hydrogen-bond donors (Lipinski definition) is 2. The molecule has 5 heteroatoms. The van der Waals surface area contributed by atoms with E-state index in [1.165, 1.54) is 12.2 Å². The molecular weight excluding hydrogens is 212 g/mol. The maximum Gasteiger partial charge on any atom is 0.233 e. The van der Waals surface area contributed by atoms with Gasteiger partial charge in [0, 0.05) is 20.2 Å². The largest absolute Gasteiger partial charge is 0.383 e. The summed E-state index contributed by atoms with van der Waals surface area (Å²) in [6, 6.07) is 0. The Balaban J connectivity index is 3.11. The normalized spacial score (nSPS) is 10.3. The van der Waals surface area contributed by atoms with E-state index in [9.17, 15) is 4.79 Å². The van der Waals surface area contributed by atoms with Crippen LogP contribution in [0.25, 0.3) is 0 Å². The minimum atomic E-state index is 0.0651. The topological polar surface area (TPSA) is 50.4 Å². The minimum absolute atomic E-state index is 0.0651. The Labute approximate surface area is 96.5 Å². The number of thioether (sulfide) groups is 1. The molecule has 0 heterocycles. The summed E-state index contributed by atoms with van der Waals surface area (Å²) in [5.74, 6) is 1.23. The predicted molar refractivity (Wildman–Crippen MR) is 65.4 cm³/mol. The summed E-state index contributed by atoms with van der Waals surface area (Å²) in [6.07, 6.45) is 4.32. The number of rotatable bonds is 10. The lowest BCUT2D eigenvalue weighted by Gasteiger charge is -2.05. The van der Waals surface area contributed by atoms with Crippen molar-refractivity contribution in [3.63, 3.8) is 0 Å². The van der Waals surface area contributed by atoms with Crippen LogP contribution in [0.3, 0.4) is 0 Å². The van der Waals surface area contributed by atoms with E-state index in [0.29, 0.717) is 13.2 Å². The van der Waals surface area contributed by atoms with Gasteiger partial charge in [0.25, 0.3) is 0 Å². The molecule has 0 bridgehead atoms. The zero-order valence-corrected chi connectivity index (χ0v) is 10.5. The minimum Gasteiger partial charge on any atom is -0.383 e. The molecule has 0 unspecified atom stereocenters. The SMILES string of the molecule is COCCNCC(=O)NCCCCSC. The first-order valence-corrected chi connectivity index (χ1v) is 6.66. The molecule has 0 saturated heterocycles. The second kappa shape index (κ2) is 11.8. The number of methoxy groups -OCH3 is 1. The molecule has 0 aliphatic heterocycles. The summed E-state index contributed by atoms with van der Waals surface area (Å²) < 4.78 is 4.85. The fraction of sp³-hybridized carbons (Fsp3) is 0.900. The van der Waals surface area contributed by atoms with Crippen LogP contribution >= 0.6 is 11.8 Å². The Morgan fingerprint density at radius 2 is 2.13 bits per heavy atom. The van der Waals surface area contributed by atoms with Gasteiger partial charge in [0.15, 0.2) is 0 Å². The Bertz CT molecular complexity index is 156. The summed E-state index contributed by atoms with van der Waals surface area (Å²) in [5.41, 5.74) is 0. The highest BCUT2D eigenvalue weighted by Gasteiger charge is 1.98. The molecule has 0 fully saturated rings. The molecule has 90 valence electrons. The lowest BCUT2D eigenvalue weighted by atomic mass is 10.3. The second-order valence-corrected chi connectivity index (χ2v) is 4.21. The third-order valence-corrected chi connectivity index (χ3v) is 2.56. The lowest BCUT2D eigenvalue weighted by Crippen LogP contribution is -2.35. The highest BCUT2D eigenvalue weighted by atomic mass is 32.2. The van der Waals surface area contributed by atoms with Gasteiger partial charge in [0.2, 0.25) is 5.91 Å². The molecule has 4 nitrogen and oxygen atoms in total. The Hall–Kier alpha value is -0.260. The molecule has 0 aromatic rings. The van der Waals surface area contributed by atoms with E-state index in [2.05, 4.69) is 16.9 Å². The fourth-order valence-electron chi connectivity index (χ4n) is 1.04. The lowest BCUT2D eigenvalue weighted by molar-refractivity contribution is -0.120. The van der Waals surface area contributed by atoms with Gasteiger partial charge in [-0.05, 0) is 24.9 Å². The first kappa shape index (κ1) is 14.7. The van der Waals surface area contributed by atoms with Gasteiger partial charge in [-0.25, -0.2) is 0 Å². The maximum atomic E-state index is 11.2. The van der Waals surface area contributed by atoms with Crippen molar-refractivity contribution in [2.45, 2.75) is 12.8 Å². The molecule has 0 aliphatic carbocycles. The first-order valence-electron chi connectivity index (χ1n) is 5.26. The average molecular weight is 234 g/mol. The zero-order chi connectivity index (χ0) is 11.4. The molecule has 1 amide bonds. The molecule has 0 aromatic carbocycles. The van der Waals surface area contributed by atoms with Crippen LogP contribution in [0.1, 0.15) is 12.8 Å². The summed E-state index contributed by atoms with van der Waals surface area (Å²) in [6.45, 7) is 2.52. The van der Waals surface area contributed by atoms with Gasteiger partial charge in [0.05, 0.1) is 13.2 Å². The maximum absolute atomic E-state index is 11.2. The molecular formula is C10H22N2O2S. The second-order valence-electron chi connectivity index (χ2n) is 3.22. The number of hydrogen-bond acceptors (Lipinski definition) is 4. The van der Waals surface area contributed by atoms with Crippen molar-refractivity contribution in [1.82, 2.24) is 10.6 Å². The van der Waals surface area contributed by atoms with Crippen LogP contribution in [0, 0.1) is 0 Å². The molecule has 0 aliphatic rings. The van der Waals surface area contributed by atoms with E-state index in [1.54, 1.807) is 7.11 Å². The fourth-order valence-corrected chi connectivity index (χ4v) is 1.53. The van der Waals surface area contributed by atoms with E-state index in [4.69, 9.17) is 4.74 Å². The molecule has 2 N–H and O–H groups in total. The van der Waals surface area contributed by atoms with Gasteiger partial charge < -0.3 is 15.4 Å². The van der Waals surface area contributed by atoms with Gasteiger partial charge in [-0.1, -0.05) is 0 Å². The highest BCUT2D eigenvalue weighted by Crippen LogP contribution is 1.97. The predicted octanol–water partition coefficient (Wildman–Crippen LogP) is 0.482. The van der Waals surface area contributed by atoms with Gasteiger partial charge in [-0.15, -0.1) is 0 Å². The Kier molecular flexibility index (Phi) is 11.6.